The van der Waals surface area contributed by atoms with E-state index in [1.807, 2.05) is 0 Å². The summed E-state index contributed by atoms with van der Waals surface area (Å²) >= 11 is 0. The van der Waals surface area contributed by atoms with Crippen LogP contribution in [0.4, 0.5) is 26.3 Å². The lowest BCUT2D eigenvalue weighted by molar-refractivity contribution is -0.330. The number of nitrogens with two attached hydrogens (primary N) is 1. The van der Waals surface area contributed by atoms with Crippen LogP contribution in [0.2, 0.25) is 0 Å². The van der Waals surface area contributed by atoms with Crippen molar-refractivity contribution in [2.45, 2.75) is 44.3 Å². The first-order chi connectivity index (χ1) is 7.12. The van der Waals surface area contributed by atoms with Crippen LogP contribution in [0.15, 0.2) is 0 Å². The molecule has 16 heavy (non-hydrogen) atoms. The number of halogens is 6. The fraction of sp³-hybridized carbons (Fsp3) is 1.00. The van der Waals surface area contributed by atoms with E-state index < -0.39 is 24.6 Å². The summed E-state index contributed by atoms with van der Waals surface area (Å²) in [7, 11) is 0. The lowest BCUT2D eigenvalue weighted by Gasteiger charge is -2.27. The summed E-state index contributed by atoms with van der Waals surface area (Å²) in [6.07, 6.45) is -15.5. The normalized spacial score (nSPS) is 15.6. The van der Waals surface area contributed by atoms with Crippen molar-refractivity contribution in [2.24, 2.45) is 5.73 Å². The van der Waals surface area contributed by atoms with Crippen molar-refractivity contribution in [2.75, 3.05) is 6.54 Å². The summed E-state index contributed by atoms with van der Waals surface area (Å²) in [6.45, 7) is 1.23. The Morgan fingerprint density at radius 2 is 1.50 bits per heavy atom. The lowest BCUT2D eigenvalue weighted by atomic mass is 10.2. The van der Waals surface area contributed by atoms with Gasteiger partial charge in [0.2, 0.25) is 6.10 Å². The molecule has 2 N–H and O–H groups in total. The topological polar surface area (TPSA) is 35.2 Å². The number of alkyl halides is 6. The Morgan fingerprint density at radius 1 is 1.06 bits per heavy atom. The molecule has 0 aromatic heterocycles. The molecule has 8 heteroatoms. The summed E-state index contributed by atoms with van der Waals surface area (Å²) in [5, 5.41) is 0. The van der Waals surface area contributed by atoms with E-state index in [-0.39, 0.29) is 13.0 Å². The van der Waals surface area contributed by atoms with Crippen LogP contribution < -0.4 is 5.73 Å². The van der Waals surface area contributed by atoms with Gasteiger partial charge in [-0.05, 0) is 6.42 Å². The molecule has 0 saturated carbocycles. The van der Waals surface area contributed by atoms with Crippen LogP contribution in [-0.2, 0) is 4.74 Å². The second kappa shape index (κ2) is 5.72. The number of hydrogen-bond donors (Lipinski definition) is 1. The van der Waals surface area contributed by atoms with Gasteiger partial charge in [-0.15, -0.1) is 0 Å². The van der Waals surface area contributed by atoms with E-state index >= 15 is 0 Å². The van der Waals surface area contributed by atoms with Crippen LogP contribution in [0.3, 0.4) is 0 Å². The predicted octanol–water partition coefficient (Wildman–Crippen LogP) is 2.62. The van der Waals surface area contributed by atoms with E-state index in [4.69, 9.17) is 5.73 Å². The van der Waals surface area contributed by atoms with Gasteiger partial charge in [-0.3, -0.25) is 0 Å². The van der Waals surface area contributed by atoms with E-state index in [1.54, 1.807) is 6.92 Å². The summed E-state index contributed by atoms with van der Waals surface area (Å²) in [4.78, 5) is 0. The number of ether oxygens (including phenoxy) is 1. The molecule has 0 amide bonds. The minimum Gasteiger partial charge on any atom is -0.356 e. The van der Waals surface area contributed by atoms with Crippen molar-refractivity contribution in [3.05, 3.63) is 0 Å². The highest BCUT2D eigenvalue weighted by Gasteiger charge is 2.58. The minimum atomic E-state index is -5.47. The fourth-order valence-electron chi connectivity index (χ4n) is 1.10. The summed E-state index contributed by atoms with van der Waals surface area (Å²) in [6, 6.07) is 0. The Labute approximate surface area is 88.7 Å². The van der Waals surface area contributed by atoms with Gasteiger partial charge in [-0.1, -0.05) is 13.3 Å². The van der Waals surface area contributed by atoms with Crippen LogP contribution in [-0.4, -0.2) is 31.1 Å². The highest BCUT2D eigenvalue weighted by atomic mass is 19.4. The quantitative estimate of drug-likeness (QED) is 0.764. The van der Waals surface area contributed by atoms with Crippen molar-refractivity contribution >= 4 is 0 Å². The molecular formula is C8H13F6NO. The molecule has 0 fully saturated rings. The molecule has 0 rings (SSSR count). The van der Waals surface area contributed by atoms with Crippen LogP contribution in [0, 0.1) is 0 Å². The van der Waals surface area contributed by atoms with Gasteiger partial charge in [0.25, 0.3) is 0 Å². The highest BCUT2D eigenvalue weighted by molar-refractivity contribution is 4.78. The molecule has 0 spiro atoms. The Kier molecular flexibility index (Phi) is 5.54. The third-order valence-electron chi connectivity index (χ3n) is 1.80. The second-order valence-electron chi connectivity index (χ2n) is 3.25. The molecule has 98 valence electrons. The van der Waals surface area contributed by atoms with Crippen LogP contribution in [0.25, 0.3) is 0 Å². The summed E-state index contributed by atoms with van der Waals surface area (Å²) in [5.74, 6) is 0. The van der Waals surface area contributed by atoms with E-state index in [0.717, 1.165) is 0 Å². The maximum Gasteiger partial charge on any atom is 0.423 e. The van der Waals surface area contributed by atoms with Crippen LogP contribution in [0.5, 0.6) is 0 Å². The minimum absolute atomic E-state index is 0.0547. The monoisotopic (exact) mass is 253 g/mol. The second-order valence-corrected chi connectivity index (χ2v) is 3.25. The molecule has 0 bridgehead atoms. The molecule has 0 aliphatic heterocycles. The first-order valence-electron chi connectivity index (χ1n) is 4.61. The zero-order chi connectivity index (χ0) is 13.0. The maximum absolute atomic E-state index is 12.1. The van der Waals surface area contributed by atoms with Gasteiger partial charge >= 0.3 is 12.4 Å². The summed E-state index contributed by atoms with van der Waals surface area (Å²) < 4.78 is 76.4. The van der Waals surface area contributed by atoms with Gasteiger partial charge in [0.05, 0.1) is 6.10 Å². The molecule has 1 unspecified atom stereocenters. The van der Waals surface area contributed by atoms with Gasteiger partial charge in [0, 0.05) is 6.54 Å². The highest BCUT2D eigenvalue weighted by Crippen LogP contribution is 2.36. The number of rotatable bonds is 5. The zero-order valence-corrected chi connectivity index (χ0v) is 8.53. The number of hydrogen-bond acceptors (Lipinski definition) is 2. The Balaban J connectivity index is 4.67. The predicted molar refractivity (Wildman–Crippen MR) is 44.7 cm³/mol. The standard InChI is InChI=1S/C8H13F6NO/c1-2-3-5(4-15)16-6(7(9,10)11)8(12,13)14/h5-6H,2-4,15H2,1H3. The SMILES string of the molecule is CCCC(CN)OC(C(F)(F)F)C(F)(F)F. The molecule has 0 heterocycles. The van der Waals surface area contributed by atoms with Crippen molar-refractivity contribution in [1.29, 1.82) is 0 Å². The molecule has 0 aliphatic carbocycles. The molecule has 0 radical (unpaired) electrons. The van der Waals surface area contributed by atoms with Crippen molar-refractivity contribution in [1.82, 2.24) is 0 Å². The third kappa shape index (κ3) is 5.02. The average molecular weight is 253 g/mol. The van der Waals surface area contributed by atoms with E-state index in [0.29, 0.717) is 6.42 Å². The van der Waals surface area contributed by atoms with Gasteiger partial charge in [-0.25, -0.2) is 0 Å². The fourth-order valence-corrected chi connectivity index (χ4v) is 1.10. The first kappa shape index (κ1) is 15.5. The summed E-state index contributed by atoms with van der Waals surface area (Å²) in [5.41, 5.74) is 5.03. The molecule has 0 aliphatic rings. The molecule has 0 aromatic rings. The molecule has 0 aromatic carbocycles. The zero-order valence-electron chi connectivity index (χ0n) is 8.53. The van der Waals surface area contributed by atoms with Crippen molar-refractivity contribution in [3.63, 3.8) is 0 Å². The van der Waals surface area contributed by atoms with E-state index in [1.165, 1.54) is 0 Å². The lowest BCUT2D eigenvalue weighted by Crippen LogP contribution is -2.47. The third-order valence-corrected chi connectivity index (χ3v) is 1.80. The van der Waals surface area contributed by atoms with Gasteiger partial charge in [0.15, 0.2) is 0 Å². The Morgan fingerprint density at radius 3 is 1.75 bits per heavy atom. The largest absolute Gasteiger partial charge is 0.423 e. The Hall–Kier alpha value is -0.500. The van der Waals surface area contributed by atoms with E-state index in [2.05, 4.69) is 4.74 Å². The maximum atomic E-state index is 12.1. The van der Waals surface area contributed by atoms with Crippen LogP contribution >= 0.6 is 0 Å². The Bertz CT molecular complexity index is 188. The molecule has 2 nitrogen and oxygen atoms in total. The van der Waals surface area contributed by atoms with Gasteiger partial charge in [0.1, 0.15) is 0 Å². The van der Waals surface area contributed by atoms with E-state index in [9.17, 15) is 26.3 Å². The van der Waals surface area contributed by atoms with Gasteiger partial charge < -0.3 is 10.5 Å². The van der Waals surface area contributed by atoms with Crippen molar-refractivity contribution < 1.29 is 31.1 Å². The van der Waals surface area contributed by atoms with Crippen molar-refractivity contribution in [3.8, 4) is 0 Å². The smallest absolute Gasteiger partial charge is 0.356 e. The molecule has 1 atom stereocenters. The average Bonchev–Trinajstić information content (AvgIpc) is 2.07. The van der Waals surface area contributed by atoms with Crippen LogP contribution in [0.1, 0.15) is 19.8 Å². The molecular weight excluding hydrogens is 240 g/mol. The first-order valence-corrected chi connectivity index (χ1v) is 4.61. The molecule has 0 saturated heterocycles. The van der Waals surface area contributed by atoms with Gasteiger partial charge in [-0.2, -0.15) is 26.3 Å².